The third-order valence-corrected chi connectivity index (χ3v) is 2.71. The number of carboxylic acids is 1. The van der Waals surface area contributed by atoms with Crippen molar-refractivity contribution < 1.29 is 15.0 Å². The number of aliphatic carboxylic acids is 1. The maximum Gasteiger partial charge on any atom is 0.120 e. The van der Waals surface area contributed by atoms with Crippen molar-refractivity contribution in [1.29, 1.82) is 0 Å². The Morgan fingerprint density at radius 3 is 2.33 bits per heavy atom. The van der Waals surface area contributed by atoms with Gasteiger partial charge in [0.25, 0.3) is 0 Å². The topological polar surface area (TPSA) is 86.4 Å². The van der Waals surface area contributed by atoms with Gasteiger partial charge in [-0.05, 0) is 17.2 Å². The average Bonchev–Trinajstić information content (AvgIpc) is 2.38. The molecule has 0 amide bonds. The van der Waals surface area contributed by atoms with Gasteiger partial charge in [-0.2, -0.15) is 0 Å². The van der Waals surface area contributed by atoms with Gasteiger partial charge < -0.3 is 20.7 Å². The molecule has 2 aromatic carbocycles. The second kappa shape index (κ2) is 4.89. The Morgan fingerprint density at radius 2 is 1.78 bits per heavy atom. The summed E-state index contributed by atoms with van der Waals surface area (Å²) in [7, 11) is 0. The van der Waals surface area contributed by atoms with Crippen molar-refractivity contribution in [2.75, 3.05) is 5.73 Å². The number of nitrogen functional groups attached to an aromatic ring is 1. The summed E-state index contributed by atoms with van der Waals surface area (Å²) < 4.78 is 0. The van der Waals surface area contributed by atoms with Gasteiger partial charge >= 0.3 is 0 Å². The number of rotatable bonds is 3. The van der Waals surface area contributed by atoms with E-state index in [4.69, 9.17) is 5.73 Å². The third-order valence-electron chi connectivity index (χ3n) is 2.71. The number of aliphatic hydroxyl groups is 1. The predicted molar refractivity (Wildman–Crippen MR) is 66.3 cm³/mol. The molecular formula is C14H12NO3-. The van der Waals surface area contributed by atoms with Crippen LogP contribution in [0.2, 0.25) is 0 Å². The lowest BCUT2D eigenvalue weighted by atomic mass is 10.00. The molecule has 1 unspecified atom stereocenters. The summed E-state index contributed by atoms with van der Waals surface area (Å²) in [6.07, 6.45) is -1.70. The zero-order valence-electron chi connectivity index (χ0n) is 9.54. The molecule has 0 aliphatic heterocycles. The van der Waals surface area contributed by atoms with E-state index >= 15 is 0 Å². The quantitative estimate of drug-likeness (QED) is 0.776. The standard InChI is InChI=1S/C14H13NO3/c15-12-8-10(9-4-2-1-3-5-9)6-7-11(12)13(16)14(17)18/h1-8,13,16H,15H2,(H,17,18)/p-1. The first kappa shape index (κ1) is 12.1. The number of carbonyl (C=O) groups excluding carboxylic acids is 1. The third kappa shape index (κ3) is 2.33. The normalized spacial score (nSPS) is 12.1. The van der Waals surface area contributed by atoms with Crippen LogP contribution in [-0.2, 0) is 4.79 Å². The minimum atomic E-state index is -1.70. The summed E-state index contributed by atoms with van der Waals surface area (Å²) in [5.74, 6) is -1.56. The molecule has 3 N–H and O–H groups in total. The number of aliphatic hydroxyl groups excluding tert-OH is 1. The summed E-state index contributed by atoms with van der Waals surface area (Å²) >= 11 is 0. The van der Waals surface area contributed by atoms with Crippen LogP contribution in [0.5, 0.6) is 0 Å². The number of carbonyl (C=O) groups is 1. The van der Waals surface area contributed by atoms with E-state index in [9.17, 15) is 15.0 Å². The zero-order valence-corrected chi connectivity index (χ0v) is 9.54. The van der Waals surface area contributed by atoms with Crippen molar-refractivity contribution >= 4 is 11.7 Å². The lowest BCUT2D eigenvalue weighted by Crippen LogP contribution is -2.30. The van der Waals surface area contributed by atoms with Crippen LogP contribution < -0.4 is 10.8 Å². The van der Waals surface area contributed by atoms with E-state index in [-0.39, 0.29) is 11.3 Å². The minimum Gasteiger partial charge on any atom is -0.547 e. The summed E-state index contributed by atoms with van der Waals surface area (Å²) in [5, 5.41) is 20.0. The van der Waals surface area contributed by atoms with Gasteiger partial charge in [-0.25, -0.2) is 0 Å². The molecule has 0 saturated heterocycles. The lowest BCUT2D eigenvalue weighted by molar-refractivity contribution is -0.315. The van der Waals surface area contributed by atoms with Crippen LogP contribution in [0.1, 0.15) is 11.7 Å². The SMILES string of the molecule is Nc1cc(-c2ccccc2)ccc1C(O)C(=O)[O-]. The summed E-state index contributed by atoms with van der Waals surface area (Å²) in [4.78, 5) is 10.6. The van der Waals surface area contributed by atoms with Crippen molar-refractivity contribution in [1.82, 2.24) is 0 Å². The van der Waals surface area contributed by atoms with E-state index in [1.165, 1.54) is 6.07 Å². The molecule has 2 rings (SSSR count). The van der Waals surface area contributed by atoms with E-state index < -0.39 is 12.1 Å². The van der Waals surface area contributed by atoms with Crippen LogP contribution in [-0.4, -0.2) is 11.1 Å². The Balaban J connectivity index is 2.40. The Hall–Kier alpha value is -2.33. The van der Waals surface area contributed by atoms with Crippen molar-refractivity contribution in [2.24, 2.45) is 0 Å². The van der Waals surface area contributed by atoms with E-state index in [1.807, 2.05) is 30.3 Å². The molecular weight excluding hydrogens is 230 g/mol. The Morgan fingerprint density at radius 1 is 1.11 bits per heavy atom. The zero-order chi connectivity index (χ0) is 13.1. The predicted octanol–water partition coefficient (Wildman–Crippen LogP) is 0.719. The van der Waals surface area contributed by atoms with E-state index in [0.717, 1.165) is 11.1 Å². The smallest absolute Gasteiger partial charge is 0.120 e. The van der Waals surface area contributed by atoms with Gasteiger partial charge in [-0.3, -0.25) is 0 Å². The van der Waals surface area contributed by atoms with Gasteiger partial charge in [0.05, 0.1) is 5.97 Å². The highest BCUT2D eigenvalue weighted by Crippen LogP contribution is 2.27. The van der Waals surface area contributed by atoms with Crippen molar-refractivity contribution in [3.05, 3.63) is 54.1 Å². The first-order valence-corrected chi connectivity index (χ1v) is 5.43. The Bertz CT molecular complexity index is 567. The fourth-order valence-corrected chi connectivity index (χ4v) is 1.76. The maximum atomic E-state index is 10.6. The second-order valence-corrected chi connectivity index (χ2v) is 3.93. The van der Waals surface area contributed by atoms with Gasteiger partial charge in [-0.1, -0.05) is 42.5 Å². The monoisotopic (exact) mass is 242 g/mol. The van der Waals surface area contributed by atoms with E-state index in [2.05, 4.69) is 0 Å². The van der Waals surface area contributed by atoms with Crippen LogP contribution in [0, 0.1) is 0 Å². The molecule has 4 heteroatoms. The van der Waals surface area contributed by atoms with Gasteiger partial charge in [0.1, 0.15) is 6.10 Å². The molecule has 4 nitrogen and oxygen atoms in total. The van der Waals surface area contributed by atoms with Gasteiger partial charge in [-0.15, -0.1) is 0 Å². The van der Waals surface area contributed by atoms with Crippen LogP contribution in [0.4, 0.5) is 5.69 Å². The van der Waals surface area contributed by atoms with Crippen LogP contribution in [0.15, 0.2) is 48.5 Å². The van der Waals surface area contributed by atoms with Crippen molar-refractivity contribution in [2.45, 2.75) is 6.10 Å². The summed E-state index contributed by atoms with van der Waals surface area (Å²) in [6.45, 7) is 0. The molecule has 1 atom stereocenters. The second-order valence-electron chi connectivity index (χ2n) is 3.93. The molecule has 0 saturated carbocycles. The fraction of sp³-hybridized carbons (Fsp3) is 0.0714. The number of benzene rings is 2. The van der Waals surface area contributed by atoms with Crippen LogP contribution in [0.25, 0.3) is 11.1 Å². The maximum absolute atomic E-state index is 10.6. The van der Waals surface area contributed by atoms with Gasteiger partial charge in [0, 0.05) is 11.3 Å². The van der Waals surface area contributed by atoms with E-state index in [1.54, 1.807) is 12.1 Å². The molecule has 0 radical (unpaired) electrons. The number of anilines is 1. The number of carboxylic acid groups (broad SMARTS) is 1. The fourth-order valence-electron chi connectivity index (χ4n) is 1.76. The molecule has 0 bridgehead atoms. The minimum absolute atomic E-state index is 0.148. The lowest BCUT2D eigenvalue weighted by Gasteiger charge is -2.15. The molecule has 0 spiro atoms. The highest BCUT2D eigenvalue weighted by molar-refractivity contribution is 5.77. The molecule has 2 aromatic rings. The van der Waals surface area contributed by atoms with Gasteiger partial charge in [0.15, 0.2) is 0 Å². The number of nitrogens with two attached hydrogens (primary N) is 1. The molecule has 0 aliphatic carbocycles. The Kier molecular flexibility index (Phi) is 3.30. The molecule has 0 aromatic heterocycles. The summed E-state index contributed by atoms with van der Waals surface area (Å²) in [6, 6.07) is 14.4. The van der Waals surface area contributed by atoms with Gasteiger partial charge in [0.2, 0.25) is 0 Å². The average molecular weight is 242 g/mol. The summed E-state index contributed by atoms with van der Waals surface area (Å²) in [5.41, 5.74) is 7.96. The van der Waals surface area contributed by atoms with Crippen molar-refractivity contribution in [3.8, 4) is 11.1 Å². The molecule has 0 aliphatic rings. The van der Waals surface area contributed by atoms with Crippen LogP contribution >= 0.6 is 0 Å². The molecule has 92 valence electrons. The highest BCUT2D eigenvalue weighted by atomic mass is 16.4. The Labute approximate surface area is 104 Å². The van der Waals surface area contributed by atoms with Crippen molar-refractivity contribution in [3.63, 3.8) is 0 Å². The molecule has 0 heterocycles. The molecule has 18 heavy (non-hydrogen) atoms. The largest absolute Gasteiger partial charge is 0.547 e. The highest BCUT2D eigenvalue weighted by Gasteiger charge is 2.12. The number of hydrogen-bond acceptors (Lipinski definition) is 4. The molecule has 0 fully saturated rings. The van der Waals surface area contributed by atoms with E-state index in [0.29, 0.717) is 0 Å². The van der Waals surface area contributed by atoms with Crippen LogP contribution in [0.3, 0.4) is 0 Å². The first-order valence-electron chi connectivity index (χ1n) is 5.43. The first-order chi connectivity index (χ1) is 8.59. The number of hydrogen-bond donors (Lipinski definition) is 2.